The lowest BCUT2D eigenvalue weighted by Gasteiger charge is -2.35. The Hall–Kier alpha value is -1.11. The Kier molecular flexibility index (Phi) is 3.16. The van der Waals surface area contributed by atoms with Crippen LogP contribution in [0.3, 0.4) is 0 Å². The van der Waals surface area contributed by atoms with Gasteiger partial charge in [-0.1, -0.05) is 40.7 Å². The quantitative estimate of drug-likeness (QED) is 0.702. The van der Waals surface area contributed by atoms with Crippen LogP contribution in [0.15, 0.2) is 6.07 Å². The monoisotopic (exact) mass is 258 g/mol. The molecule has 1 aliphatic carbocycles. The highest BCUT2D eigenvalue weighted by Crippen LogP contribution is 2.56. The molecule has 0 amide bonds. The fraction of sp³-hybridized carbons (Fsp3) is 0.611. The van der Waals surface area contributed by atoms with E-state index in [2.05, 4.69) is 54.5 Å². The molecule has 1 heteroatoms. The van der Waals surface area contributed by atoms with E-state index in [1.165, 1.54) is 16.7 Å². The van der Waals surface area contributed by atoms with Crippen molar-refractivity contribution in [3.05, 3.63) is 33.9 Å². The molecule has 0 bridgehead atoms. The summed E-state index contributed by atoms with van der Waals surface area (Å²) in [6, 6.07) is 2.25. The minimum absolute atomic E-state index is 0.175. The highest BCUT2D eigenvalue weighted by molar-refractivity contribution is 5.81. The van der Waals surface area contributed by atoms with E-state index in [0.29, 0.717) is 5.92 Å². The van der Waals surface area contributed by atoms with E-state index in [1.807, 2.05) is 0 Å². The van der Waals surface area contributed by atoms with Crippen LogP contribution in [0, 0.1) is 19.8 Å². The zero-order chi connectivity index (χ0) is 14.6. The summed E-state index contributed by atoms with van der Waals surface area (Å²) >= 11 is 0. The zero-order valence-electron chi connectivity index (χ0n) is 13.3. The van der Waals surface area contributed by atoms with Gasteiger partial charge in [0, 0.05) is 5.56 Å². The third-order valence-electron chi connectivity index (χ3n) is 5.99. The van der Waals surface area contributed by atoms with E-state index in [4.69, 9.17) is 0 Å². The van der Waals surface area contributed by atoms with Gasteiger partial charge in [-0.15, -0.1) is 0 Å². The third kappa shape index (κ3) is 1.63. The highest BCUT2D eigenvalue weighted by atomic mass is 16.1. The predicted molar refractivity (Wildman–Crippen MR) is 81.1 cm³/mol. The van der Waals surface area contributed by atoms with Gasteiger partial charge in [0.1, 0.15) is 0 Å². The molecule has 0 saturated heterocycles. The molecule has 0 fully saturated rings. The molecule has 2 rings (SSSR count). The molecule has 1 aliphatic rings. The summed E-state index contributed by atoms with van der Waals surface area (Å²) < 4.78 is 0. The minimum atomic E-state index is 0.175. The summed E-state index contributed by atoms with van der Waals surface area (Å²) in [5, 5.41) is 0. The Morgan fingerprint density at radius 1 is 1.26 bits per heavy atom. The molecule has 1 aromatic rings. The van der Waals surface area contributed by atoms with Crippen LogP contribution < -0.4 is 0 Å². The molecule has 2 atom stereocenters. The van der Waals surface area contributed by atoms with Gasteiger partial charge >= 0.3 is 0 Å². The first kappa shape index (κ1) is 14.3. The summed E-state index contributed by atoms with van der Waals surface area (Å²) in [7, 11) is 0. The lowest BCUT2D eigenvalue weighted by atomic mass is 9.68. The first-order valence-electron chi connectivity index (χ1n) is 7.32. The van der Waals surface area contributed by atoms with Gasteiger partial charge < -0.3 is 0 Å². The third-order valence-corrected chi connectivity index (χ3v) is 5.99. The molecule has 0 aromatic heterocycles. The molecule has 0 aliphatic heterocycles. The van der Waals surface area contributed by atoms with Gasteiger partial charge in [-0.25, -0.2) is 0 Å². The van der Waals surface area contributed by atoms with E-state index in [0.717, 1.165) is 23.8 Å². The largest absolute Gasteiger partial charge is 0.298 e. The Morgan fingerprint density at radius 2 is 1.84 bits per heavy atom. The Morgan fingerprint density at radius 3 is 2.32 bits per heavy atom. The van der Waals surface area contributed by atoms with Crippen LogP contribution in [0.25, 0.3) is 0 Å². The van der Waals surface area contributed by atoms with Crippen LogP contribution in [0.5, 0.6) is 0 Å². The van der Waals surface area contributed by atoms with Crippen molar-refractivity contribution >= 4 is 6.29 Å². The Labute approximate surface area is 117 Å². The van der Waals surface area contributed by atoms with Crippen molar-refractivity contribution in [1.29, 1.82) is 0 Å². The van der Waals surface area contributed by atoms with Crippen molar-refractivity contribution in [3.63, 3.8) is 0 Å². The van der Waals surface area contributed by atoms with Gasteiger partial charge in [-0.2, -0.15) is 0 Å². The van der Waals surface area contributed by atoms with Crippen molar-refractivity contribution in [1.82, 2.24) is 0 Å². The SMILES string of the molecule is CC[C@]1(C)c2c(cc(C)c(C=O)c2C)C(C)(C)[C@@H]1C. The summed E-state index contributed by atoms with van der Waals surface area (Å²) in [4.78, 5) is 11.4. The Bertz CT molecular complexity index is 539. The van der Waals surface area contributed by atoms with Crippen LogP contribution >= 0.6 is 0 Å². The van der Waals surface area contributed by atoms with Crippen LogP contribution in [-0.2, 0) is 10.8 Å². The predicted octanol–water partition coefficient (Wildman–Crippen LogP) is 4.71. The van der Waals surface area contributed by atoms with Gasteiger partial charge in [0.15, 0.2) is 6.29 Å². The van der Waals surface area contributed by atoms with Gasteiger partial charge in [-0.3, -0.25) is 4.79 Å². The van der Waals surface area contributed by atoms with E-state index >= 15 is 0 Å². The topological polar surface area (TPSA) is 17.1 Å². The van der Waals surface area contributed by atoms with Crippen molar-refractivity contribution in [3.8, 4) is 0 Å². The lowest BCUT2D eigenvalue weighted by molar-refractivity contribution is 0.112. The summed E-state index contributed by atoms with van der Waals surface area (Å²) in [5.41, 5.74) is 6.44. The molecule has 1 nitrogen and oxygen atoms in total. The first-order valence-corrected chi connectivity index (χ1v) is 7.32. The maximum Gasteiger partial charge on any atom is 0.150 e. The summed E-state index contributed by atoms with van der Waals surface area (Å²) in [5.74, 6) is 0.583. The molecule has 19 heavy (non-hydrogen) atoms. The second kappa shape index (κ2) is 4.19. The second-order valence-electron chi connectivity index (χ2n) is 6.99. The molecule has 104 valence electrons. The van der Waals surface area contributed by atoms with Gasteiger partial charge in [0.25, 0.3) is 0 Å². The molecular weight excluding hydrogens is 232 g/mol. The molecule has 0 unspecified atom stereocenters. The maximum absolute atomic E-state index is 11.4. The fourth-order valence-electron chi connectivity index (χ4n) is 4.15. The standard InChI is InChI=1S/C18H26O/c1-8-18(7)13(4)17(5,6)15-9-11(2)14(10-19)12(3)16(15)18/h9-10,13H,8H2,1-7H3/t13-,18-/m0/s1. The van der Waals surface area contributed by atoms with Crippen molar-refractivity contribution in [2.75, 3.05) is 0 Å². The number of hydrogen-bond donors (Lipinski definition) is 0. The van der Waals surface area contributed by atoms with Crippen molar-refractivity contribution in [2.24, 2.45) is 5.92 Å². The molecule has 0 heterocycles. The van der Waals surface area contributed by atoms with Crippen molar-refractivity contribution in [2.45, 2.75) is 65.7 Å². The van der Waals surface area contributed by atoms with Crippen LogP contribution in [0.1, 0.15) is 73.7 Å². The van der Waals surface area contributed by atoms with E-state index in [-0.39, 0.29) is 10.8 Å². The van der Waals surface area contributed by atoms with E-state index in [9.17, 15) is 4.79 Å². The molecule has 1 aromatic carbocycles. The average molecular weight is 258 g/mol. The van der Waals surface area contributed by atoms with Gasteiger partial charge in [0.2, 0.25) is 0 Å². The first-order chi connectivity index (χ1) is 8.71. The van der Waals surface area contributed by atoms with Gasteiger partial charge in [0.05, 0.1) is 0 Å². The number of hydrogen-bond acceptors (Lipinski definition) is 1. The molecule has 0 saturated carbocycles. The molecular formula is C18H26O. The minimum Gasteiger partial charge on any atom is -0.298 e. The number of aryl methyl sites for hydroxylation is 1. The number of benzene rings is 1. The normalized spacial score (nSPS) is 28.3. The molecule has 0 radical (unpaired) electrons. The molecule has 0 N–H and O–H groups in total. The van der Waals surface area contributed by atoms with E-state index < -0.39 is 0 Å². The number of fused-ring (bicyclic) bond motifs is 1. The highest BCUT2D eigenvalue weighted by Gasteiger charge is 2.51. The van der Waals surface area contributed by atoms with Gasteiger partial charge in [-0.05, 0) is 59.3 Å². The average Bonchev–Trinajstić information content (AvgIpc) is 2.50. The lowest BCUT2D eigenvalue weighted by Crippen LogP contribution is -2.33. The fourth-order valence-corrected chi connectivity index (χ4v) is 4.15. The zero-order valence-corrected chi connectivity index (χ0v) is 13.3. The Balaban J connectivity index is 2.88. The number of rotatable bonds is 2. The van der Waals surface area contributed by atoms with Crippen LogP contribution in [-0.4, -0.2) is 6.29 Å². The van der Waals surface area contributed by atoms with Crippen molar-refractivity contribution < 1.29 is 4.79 Å². The number of carbonyl (C=O) groups excluding carboxylic acids is 1. The number of carbonyl (C=O) groups is 1. The maximum atomic E-state index is 11.4. The molecule has 0 spiro atoms. The van der Waals surface area contributed by atoms with Crippen LogP contribution in [0.2, 0.25) is 0 Å². The van der Waals surface area contributed by atoms with Crippen LogP contribution in [0.4, 0.5) is 0 Å². The summed E-state index contributed by atoms with van der Waals surface area (Å²) in [6.07, 6.45) is 2.14. The smallest absolute Gasteiger partial charge is 0.150 e. The second-order valence-corrected chi connectivity index (χ2v) is 6.99. The number of aldehydes is 1. The summed E-state index contributed by atoms with van der Waals surface area (Å²) in [6.45, 7) is 15.9. The van der Waals surface area contributed by atoms with E-state index in [1.54, 1.807) is 0 Å².